The molecule has 2 aromatic rings. The maximum atomic E-state index is 13.5. The van der Waals surface area contributed by atoms with Crippen molar-refractivity contribution in [2.45, 2.75) is 0 Å². The summed E-state index contributed by atoms with van der Waals surface area (Å²) < 4.78 is 13.5. The standard InChI is InChI=1S/C15H9ClFN/c16-14-7-3-2-6-13(14)12(10-18)9-11-5-1-4-8-15(11)17/h1-9H. The molecule has 1 nitrogen and oxygen atoms in total. The van der Waals surface area contributed by atoms with Crippen molar-refractivity contribution in [1.82, 2.24) is 0 Å². The van der Waals surface area contributed by atoms with E-state index in [0.29, 0.717) is 21.7 Å². The van der Waals surface area contributed by atoms with E-state index < -0.39 is 0 Å². The van der Waals surface area contributed by atoms with Crippen LogP contribution in [0.25, 0.3) is 11.6 Å². The van der Waals surface area contributed by atoms with Crippen LogP contribution in [0, 0.1) is 17.1 Å². The van der Waals surface area contributed by atoms with E-state index in [1.54, 1.807) is 42.5 Å². The highest BCUT2D eigenvalue weighted by molar-refractivity contribution is 6.32. The van der Waals surface area contributed by atoms with Crippen LogP contribution in [0.1, 0.15) is 11.1 Å². The van der Waals surface area contributed by atoms with Gasteiger partial charge in [-0.05, 0) is 18.2 Å². The van der Waals surface area contributed by atoms with Crippen molar-refractivity contribution in [1.29, 1.82) is 5.26 Å². The lowest BCUT2D eigenvalue weighted by atomic mass is 10.0. The molecule has 0 atom stereocenters. The predicted molar refractivity (Wildman–Crippen MR) is 71.3 cm³/mol. The van der Waals surface area contributed by atoms with Gasteiger partial charge in [-0.3, -0.25) is 0 Å². The molecule has 18 heavy (non-hydrogen) atoms. The molecule has 0 aliphatic rings. The molecule has 0 unspecified atom stereocenters. The third-order valence-electron chi connectivity index (χ3n) is 2.49. The Bertz CT molecular complexity index is 641. The first-order chi connectivity index (χ1) is 8.72. The Balaban J connectivity index is 2.52. The van der Waals surface area contributed by atoms with Crippen LogP contribution in [0.2, 0.25) is 5.02 Å². The molecule has 0 aromatic heterocycles. The molecule has 0 saturated carbocycles. The molecule has 3 heteroatoms. The monoisotopic (exact) mass is 257 g/mol. The van der Waals surface area contributed by atoms with Crippen LogP contribution in [0.5, 0.6) is 0 Å². The van der Waals surface area contributed by atoms with Gasteiger partial charge in [0, 0.05) is 16.1 Å². The molecule has 0 bridgehead atoms. The van der Waals surface area contributed by atoms with Crippen LogP contribution in [-0.4, -0.2) is 0 Å². The van der Waals surface area contributed by atoms with Crippen LogP contribution in [-0.2, 0) is 0 Å². The highest BCUT2D eigenvalue weighted by Gasteiger charge is 2.06. The van der Waals surface area contributed by atoms with Crippen molar-refractivity contribution in [3.05, 3.63) is 70.5 Å². The fraction of sp³-hybridized carbons (Fsp3) is 0. The molecule has 0 heterocycles. The Kier molecular flexibility index (Phi) is 3.76. The van der Waals surface area contributed by atoms with Crippen molar-refractivity contribution in [3.8, 4) is 6.07 Å². The number of allylic oxidation sites excluding steroid dienone is 1. The van der Waals surface area contributed by atoms with Gasteiger partial charge in [-0.1, -0.05) is 48.0 Å². The summed E-state index contributed by atoms with van der Waals surface area (Å²) in [4.78, 5) is 0. The molecule has 2 rings (SSSR count). The highest BCUT2D eigenvalue weighted by atomic mass is 35.5. The van der Waals surface area contributed by atoms with Gasteiger partial charge in [0.15, 0.2) is 0 Å². The van der Waals surface area contributed by atoms with E-state index in [2.05, 4.69) is 0 Å². The molecular formula is C15H9ClFN. The van der Waals surface area contributed by atoms with Gasteiger partial charge in [-0.25, -0.2) is 4.39 Å². The first-order valence-electron chi connectivity index (χ1n) is 5.33. The van der Waals surface area contributed by atoms with Gasteiger partial charge in [0.25, 0.3) is 0 Å². The summed E-state index contributed by atoms with van der Waals surface area (Å²) >= 11 is 6.02. The second-order valence-electron chi connectivity index (χ2n) is 3.67. The van der Waals surface area contributed by atoms with Gasteiger partial charge < -0.3 is 0 Å². The zero-order valence-corrected chi connectivity index (χ0v) is 10.2. The third-order valence-corrected chi connectivity index (χ3v) is 2.82. The van der Waals surface area contributed by atoms with Crippen molar-refractivity contribution >= 4 is 23.3 Å². The molecule has 0 radical (unpaired) electrons. The lowest BCUT2D eigenvalue weighted by molar-refractivity contribution is 0.625. The predicted octanol–water partition coefficient (Wildman–Crippen LogP) is 4.54. The minimum atomic E-state index is -0.364. The topological polar surface area (TPSA) is 23.8 Å². The van der Waals surface area contributed by atoms with Gasteiger partial charge >= 0.3 is 0 Å². The average Bonchev–Trinajstić information content (AvgIpc) is 2.39. The molecule has 0 N–H and O–H groups in total. The van der Waals surface area contributed by atoms with Gasteiger partial charge in [0.05, 0.1) is 11.6 Å². The maximum absolute atomic E-state index is 13.5. The smallest absolute Gasteiger partial charge is 0.130 e. The summed E-state index contributed by atoms with van der Waals surface area (Å²) in [5, 5.41) is 9.63. The molecule has 0 aliphatic heterocycles. The van der Waals surface area contributed by atoms with E-state index in [9.17, 15) is 4.39 Å². The van der Waals surface area contributed by atoms with Crippen LogP contribution >= 0.6 is 11.6 Å². The zero-order valence-electron chi connectivity index (χ0n) is 9.40. The number of benzene rings is 2. The molecule has 0 spiro atoms. The molecule has 2 aromatic carbocycles. The summed E-state index contributed by atoms with van der Waals surface area (Å²) in [5.74, 6) is -0.364. The third kappa shape index (κ3) is 2.58. The number of hydrogen-bond acceptors (Lipinski definition) is 1. The van der Waals surface area contributed by atoms with E-state index in [4.69, 9.17) is 16.9 Å². The number of nitrogens with zero attached hydrogens (tertiary/aromatic N) is 1. The Labute approximate surface area is 110 Å². The van der Waals surface area contributed by atoms with Gasteiger partial charge in [-0.15, -0.1) is 0 Å². The fourth-order valence-corrected chi connectivity index (χ4v) is 1.84. The molecule has 0 fully saturated rings. The molecule has 0 amide bonds. The Hall–Kier alpha value is -2.11. The SMILES string of the molecule is N#CC(=Cc1ccccc1F)c1ccccc1Cl. The lowest BCUT2D eigenvalue weighted by Gasteiger charge is -2.02. The Morgan fingerprint density at radius 3 is 2.44 bits per heavy atom. The Morgan fingerprint density at radius 2 is 1.78 bits per heavy atom. The van der Waals surface area contributed by atoms with E-state index in [-0.39, 0.29) is 5.82 Å². The van der Waals surface area contributed by atoms with Crippen molar-refractivity contribution in [2.24, 2.45) is 0 Å². The van der Waals surface area contributed by atoms with Crippen LogP contribution < -0.4 is 0 Å². The van der Waals surface area contributed by atoms with Gasteiger partial charge in [-0.2, -0.15) is 5.26 Å². The molecule has 0 saturated heterocycles. The zero-order chi connectivity index (χ0) is 13.0. The van der Waals surface area contributed by atoms with E-state index in [1.165, 1.54) is 12.1 Å². The van der Waals surface area contributed by atoms with Gasteiger partial charge in [0.2, 0.25) is 0 Å². The van der Waals surface area contributed by atoms with Crippen LogP contribution in [0.15, 0.2) is 48.5 Å². The number of nitriles is 1. The summed E-state index contributed by atoms with van der Waals surface area (Å²) in [6.45, 7) is 0. The van der Waals surface area contributed by atoms with Crippen molar-refractivity contribution < 1.29 is 4.39 Å². The molecule has 0 aliphatic carbocycles. The maximum Gasteiger partial charge on any atom is 0.130 e. The first kappa shape index (κ1) is 12.3. The first-order valence-corrected chi connectivity index (χ1v) is 5.71. The second kappa shape index (κ2) is 5.48. The number of halogens is 2. The minimum absolute atomic E-state index is 0.339. The second-order valence-corrected chi connectivity index (χ2v) is 4.08. The molecule has 88 valence electrons. The summed E-state index contributed by atoms with van der Waals surface area (Å²) in [6, 6.07) is 15.3. The normalized spacial score (nSPS) is 11.1. The van der Waals surface area contributed by atoms with E-state index >= 15 is 0 Å². The van der Waals surface area contributed by atoms with Crippen molar-refractivity contribution in [2.75, 3.05) is 0 Å². The fourth-order valence-electron chi connectivity index (χ4n) is 1.60. The summed E-state index contributed by atoms with van der Waals surface area (Å²) in [5.41, 5.74) is 1.31. The van der Waals surface area contributed by atoms with Crippen LogP contribution in [0.3, 0.4) is 0 Å². The summed E-state index contributed by atoms with van der Waals surface area (Å²) in [7, 11) is 0. The minimum Gasteiger partial charge on any atom is -0.206 e. The highest BCUT2D eigenvalue weighted by Crippen LogP contribution is 2.25. The number of rotatable bonds is 2. The van der Waals surface area contributed by atoms with Crippen molar-refractivity contribution in [3.63, 3.8) is 0 Å². The van der Waals surface area contributed by atoms with E-state index in [1.807, 2.05) is 6.07 Å². The van der Waals surface area contributed by atoms with Gasteiger partial charge in [0.1, 0.15) is 5.82 Å². The largest absolute Gasteiger partial charge is 0.206 e. The molecular weight excluding hydrogens is 249 g/mol. The average molecular weight is 258 g/mol. The van der Waals surface area contributed by atoms with E-state index in [0.717, 1.165) is 0 Å². The van der Waals surface area contributed by atoms with Crippen LogP contribution in [0.4, 0.5) is 4.39 Å². The summed E-state index contributed by atoms with van der Waals surface area (Å²) in [6.07, 6.45) is 1.50. The number of hydrogen-bond donors (Lipinski definition) is 0. The Morgan fingerprint density at radius 1 is 1.11 bits per heavy atom. The quantitative estimate of drug-likeness (QED) is 0.572. The lowest BCUT2D eigenvalue weighted by Crippen LogP contribution is -1.86.